The van der Waals surface area contributed by atoms with Crippen LogP contribution in [0.1, 0.15) is 63.4 Å². The van der Waals surface area contributed by atoms with Gasteiger partial charge in [0.2, 0.25) is 0 Å². The molecule has 0 aliphatic heterocycles. The second-order valence-corrected chi connectivity index (χ2v) is 5.26. The highest BCUT2D eigenvalue weighted by Gasteiger charge is 2.13. The van der Waals surface area contributed by atoms with Gasteiger partial charge in [-0.15, -0.1) is 0 Å². The number of benzene rings is 2. The molecule has 0 spiro atoms. The Morgan fingerprint density at radius 3 is 2.31 bits per heavy atom. The number of fused-ring (bicyclic) bond motifs is 1. The van der Waals surface area contributed by atoms with E-state index in [-0.39, 0.29) is 7.21 Å². The first-order chi connectivity index (χ1) is 12.6. The summed E-state index contributed by atoms with van der Waals surface area (Å²) < 4.78 is 0. The molecule has 3 rings (SSSR count). The van der Waals surface area contributed by atoms with Crippen molar-refractivity contribution in [2.75, 3.05) is 7.05 Å². The Balaban J connectivity index is 0.00000127. The number of carbonyl (C=O) groups is 1. The van der Waals surface area contributed by atoms with Gasteiger partial charge in [-0.05, 0) is 37.6 Å². The van der Waals surface area contributed by atoms with Crippen LogP contribution in [0.5, 0.6) is 0 Å². The van der Waals surface area contributed by atoms with Gasteiger partial charge in [-0.25, -0.2) is 4.98 Å². The van der Waals surface area contributed by atoms with Gasteiger partial charge in [-0.3, -0.25) is 9.79 Å². The van der Waals surface area contributed by atoms with Gasteiger partial charge >= 0.3 is 0 Å². The molecule has 0 aliphatic rings. The minimum Gasteiger partial charge on any atom is -0.337 e. The van der Waals surface area contributed by atoms with Crippen LogP contribution in [0.3, 0.4) is 0 Å². The number of nitrogens with one attached hydrogen (secondary N) is 1. The fourth-order valence-corrected chi connectivity index (χ4v) is 2.53. The van der Waals surface area contributed by atoms with Crippen molar-refractivity contribution in [2.45, 2.75) is 41.5 Å². The van der Waals surface area contributed by atoms with Gasteiger partial charge < -0.3 is 4.98 Å². The molecule has 3 aromatic rings. The van der Waals surface area contributed by atoms with Crippen LogP contribution in [0.25, 0.3) is 11.0 Å². The van der Waals surface area contributed by atoms with Crippen molar-refractivity contribution < 1.29 is 6.22 Å². The number of rotatable bonds is 3. The van der Waals surface area contributed by atoms with Gasteiger partial charge in [0.15, 0.2) is 11.6 Å². The summed E-state index contributed by atoms with van der Waals surface area (Å²) in [7, 11) is 1.76. The molecule has 0 saturated carbocycles. The normalized spacial score (nSPS) is 10.5. The number of hydrogen-bond acceptors (Lipinski definition) is 3. The highest BCUT2D eigenvalue weighted by molar-refractivity contribution is 6.12. The standard InChI is InChI=1S/C18H17N3O.2C2H6.H2/c1-11-6-4-5-7-14(11)17(19-3)18-20-15-9-8-13(12(2)22)10-16(15)21-18;2*1-2;/h4-10H,1-3H3,(H,20,21);2*1-2H3;1H. The second kappa shape index (κ2) is 10.3. The number of ketones is 1. The third-order valence-electron chi connectivity index (χ3n) is 3.74. The maximum absolute atomic E-state index is 11.5. The molecule has 0 radical (unpaired) electrons. The average molecular weight is 354 g/mol. The number of H-pyrrole nitrogens is 1. The quantitative estimate of drug-likeness (QED) is 0.475. The first-order valence-corrected chi connectivity index (χ1v) is 9.14. The Morgan fingerprint density at radius 2 is 1.73 bits per heavy atom. The van der Waals surface area contributed by atoms with Crippen LogP contribution in [0.15, 0.2) is 47.5 Å². The Kier molecular flexibility index (Phi) is 8.43. The molecule has 0 aliphatic carbocycles. The molecular formula is C22H31N3O. The van der Waals surface area contributed by atoms with Crippen LogP contribution < -0.4 is 0 Å². The van der Waals surface area contributed by atoms with Crippen LogP contribution in [-0.2, 0) is 0 Å². The molecule has 1 aromatic heterocycles. The van der Waals surface area contributed by atoms with Crippen molar-refractivity contribution in [2.24, 2.45) is 4.99 Å². The zero-order valence-electron chi connectivity index (χ0n) is 16.8. The average Bonchev–Trinajstić information content (AvgIpc) is 3.10. The van der Waals surface area contributed by atoms with E-state index in [4.69, 9.17) is 0 Å². The van der Waals surface area contributed by atoms with Crippen molar-refractivity contribution in [1.82, 2.24) is 9.97 Å². The number of carbonyl (C=O) groups excluding carboxylic acids is 1. The fourth-order valence-electron chi connectivity index (χ4n) is 2.53. The molecular weight excluding hydrogens is 322 g/mol. The number of hydrogen-bond donors (Lipinski definition) is 1. The number of aromatic amines is 1. The lowest BCUT2D eigenvalue weighted by Gasteiger charge is -2.06. The molecule has 1 N–H and O–H groups in total. The monoisotopic (exact) mass is 353 g/mol. The van der Waals surface area contributed by atoms with E-state index >= 15 is 0 Å². The lowest BCUT2D eigenvalue weighted by molar-refractivity contribution is 0.101. The van der Waals surface area contributed by atoms with E-state index < -0.39 is 0 Å². The highest BCUT2D eigenvalue weighted by atomic mass is 16.1. The highest BCUT2D eigenvalue weighted by Crippen LogP contribution is 2.18. The maximum atomic E-state index is 11.5. The number of aromatic nitrogens is 2. The summed E-state index contributed by atoms with van der Waals surface area (Å²) in [6, 6.07) is 13.6. The van der Waals surface area contributed by atoms with E-state index in [9.17, 15) is 4.79 Å². The lowest BCUT2D eigenvalue weighted by Crippen LogP contribution is -2.07. The smallest absolute Gasteiger partial charge is 0.159 e. The van der Waals surface area contributed by atoms with Gasteiger partial charge in [-0.1, -0.05) is 52.0 Å². The zero-order chi connectivity index (χ0) is 19.7. The third kappa shape index (κ3) is 4.66. The Labute approximate surface area is 157 Å². The molecule has 0 amide bonds. The number of Topliss-reactive ketones (excluding diaryl/α,β-unsaturated/α-hetero) is 1. The number of imidazole rings is 1. The molecule has 4 heteroatoms. The van der Waals surface area contributed by atoms with Gasteiger partial charge in [0.05, 0.1) is 11.0 Å². The molecule has 140 valence electrons. The number of nitrogens with zero attached hydrogens (tertiary/aromatic N) is 2. The van der Waals surface area contributed by atoms with E-state index in [1.807, 2.05) is 58.0 Å². The molecule has 0 saturated heterocycles. The van der Waals surface area contributed by atoms with E-state index in [1.165, 1.54) is 0 Å². The zero-order valence-corrected chi connectivity index (χ0v) is 16.8. The Hall–Kier alpha value is -2.75. The molecule has 4 nitrogen and oxygen atoms in total. The number of aliphatic imine (C=N–C) groups is 1. The molecule has 0 unspecified atom stereocenters. The van der Waals surface area contributed by atoms with Crippen LogP contribution in [0.2, 0.25) is 0 Å². The van der Waals surface area contributed by atoms with E-state index in [0.717, 1.165) is 27.9 Å². The molecule has 0 atom stereocenters. The summed E-state index contributed by atoms with van der Waals surface area (Å²) >= 11 is 0. The summed E-state index contributed by atoms with van der Waals surface area (Å²) in [4.78, 5) is 23.8. The van der Waals surface area contributed by atoms with Crippen LogP contribution in [-0.4, -0.2) is 28.5 Å². The summed E-state index contributed by atoms with van der Waals surface area (Å²) in [6.07, 6.45) is 0. The van der Waals surface area contributed by atoms with Gasteiger partial charge in [-0.2, -0.15) is 0 Å². The molecule has 1 heterocycles. The largest absolute Gasteiger partial charge is 0.337 e. The van der Waals surface area contributed by atoms with Crippen molar-refractivity contribution in [3.8, 4) is 0 Å². The van der Waals surface area contributed by atoms with Crippen LogP contribution in [0.4, 0.5) is 0 Å². The summed E-state index contributed by atoms with van der Waals surface area (Å²) in [5.41, 5.74) is 5.36. The minimum absolute atomic E-state index is 0. The fraction of sp³-hybridized carbons (Fsp3) is 0.318. The second-order valence-electron chi connectivity index (χ2n) is 5.26. The van der Waals surface area contributed by atoms with E-state index in [1.54, 1.807) is 20.0 Å². The summed E-state index contributed by atoms with van der Waals surface area (Å²) in [5, 5.41) is 0. The molecule has 0 bridgehead atoms. The minimum atomic E-state index is 0. The van der Waals surface area contributed by atoms with Gasteiger partial charge in [0.25, 0.3) is 0 Å². The first-order valence-electron chi connectivity index (χ1n) is 9.14. The first kappa shape index (κ1) is 21.3. The van der Waals surface area contributed by atoms with Gasteiger partial charge in [0.1, 0.15) is 5.71 Å². The van der Waals surface area contributed by atoms with Crippen LogP contribution in [0, 0.1) is 6.92 Å². The predicted molar refractivity (Wildman–Crippen MR) is 114 cm³/mol. The van der Waals surface area contributed by atoms with E-state index in [2.05, 4.69) is 28.0 Å². The van der Waals surface area contributed by atoms with E-state index in [0.29, 0.717) is 11.4 Å². The molecule has 26 heavy (non-hydrogen) atoms. The SMILES string of the molecule is CC.CC.CN=C(c1nc2ccc(C(C)=O)cc2[nH]1)c1ccccc1C.[HH]. The van der Waals surface area contributed by atoms with Crippen molar-refractivity contribution >= 4 is 22.5 Å². The summed E-state index contributed by atoms with van der Waals surface area (Å²) in [5.74, 6) is 0.758. The van der Waals surface area contributed by atoms with Crippen LogP contribution >= 0.6 is 0 Å². The molecule has 0 fully saturated rings. The van der Waals surface area contributed by atoms with Crippen molar-refractivity contribution in [3.63, 3.8) is 0 Å². The summed E-state index contributed by atoms with van der Waals surface area (Å²) in [6.45, 7) is 11.6. The van der Waals surface area contributed by atoms with Crippen molar-refractivity contribution in [3.05, 3.63) is 65.0 Å². The van der Waals surface area contributed by atoms with Crippen molar-refractivity contribution in [1.29, 1.82) is 0 Å². The Bertz CT molecular complexity index is 897. The molecule has 2 aromatic carbocycles. The maximum Gasteiger partial charge on any atom is 0.159 e. The Morgan fingerprint density at radius 1 is 1.08 bits per heavy atom. The lowest BCUT2D eigenvalue weighted by atomic mass is 10.0. The number of aryl methyl sites for hydroxylation is 1. The third-order valence-corrected chi connectivity index (χ3v) is 3.74. The van der Waals surface area contributed by atoms with Gasteiger partial charge in [0, 0.05) is 19.6 Å². The predicted octanol–water partition coefficient (Wildman–Crippen LogP) is 5.84. The topological polar surface area (TPSA) is 58.1 Å².